The third-order valence-corrected chi connectivity index (χ3v) is 8.07. The molecule has 8 heteroatoms. The average Bonchev–Trinajstić information content (AvgIpc) is 2.92. The number of fused-ring (bicyclic) bond motifs is 2. The Morgan fingerprint density at radius 2 is 1.84 bits per heavy atom. The van der Waals surface area contributed by atoms with Crippen LogP contribution in [0, 0.1) is 0 Å². The number of carbonyl (C=O) groups is 1. The number of aromatic nitrogens is 1. The number of likely N-dealkylation sites (tertiary alicyclic amines) is 1. The minimum atomic E-state index is -0.587. The number of benzene rings is 2. The van der Waals surface area contributed by atoms with E-state index in [1.807, 2.05) is 18.2 Å². The van der Waals surface area contributed by atoms with E-state index in [-0.39, 0.29) is 11.1 Å². The number of hydrogen-bond donors (Lipinski definition) is 2. The molecule has 0 atom stereocenters. The van der Waals surface area contributed by atoms with Crippen LogP contribution in [0.3, 0.4) is 0 Å². The predicted molar refractivity (Wildman–Crippen MR) is 152 cm³/mol. The summed E-state index contributed by atoms with van der Waals surface area (Å²) in [5.41, 5.74) is 11.5. The number of carbonyl (C=O) groups excluding carboxylic acids is 1. The van der Waals surface area contributed by atoms with Gasteiger partial charge in [-0.1, -0.05) is 24.3 Å². The normalized spacial score (nSPS) is 16.6. The molecule has 0 bridgehead atoms. The second-order valence-corrected chi connectivity index (χ2v) is 10.7. The first kappa shape index (κ1) is 26.4. The topological polar surface area (TPSA) is 92.8 Å². The minimum absolute atomic E-state index is 0.200. The molecule has 3 heterocycles. The molecule has 2 aliphatic heterocycles. The summed E-state index contributed by atoms with van der Waals surface area (Å²) in [6.45, 7) is 5.81. The molecule has 1 aromatic heterocycles. The van der Waals surface area contributed by atoms with E-state index in [0.717, 1.165) is 56.6 Å². The minimum Gasteiger partial charge on any atom is -0.380 e. The van der Waals surface area contributed by atoms with Crippen molar-refractivity contribution >= 4 is 22.5 Å². The number of nitrogens with one attached hydrogen (secondary N) is 1. The van der Waals surface area contributed by atoms with Gasteiger partial charge in [0.25, 0.3) is 5.56 Å². The van der Waals surface area contributed by atoms with Crippen molar-refractivity contribution in [2.45, 2.75) is 51.4 Å². The second-order valence-electron chi connectivity index (χ2n) is 10.7. The lowest BCUT2D eigenvalue weighted by molar-refractivity contribution is 0.100. The first-order chi connectivity index (χ1) is 18.4. The van der Waals surface area contributed by atoms with Crippen LogP contribution in [-0.2, 0) is 30.9 Å². The van der Waals surface area contributed by atoms with Gasteiger partial charge in [-0.2, -0.15) is 0 Å². The second kappa shape index (κ2) is 11.7. The molecular formula is C30H39N5O3. The fourth-order valence-corrected chi connectivity index (χ4v) is 5.93. The molecule has 3 N–H and O–H groups in total. The molecule has 5 rings (SSSR count). The fourth-order valence-electron chi connectivity index (χ4n) is 5.93. The van der Waals surface area contributed by atoms with E-state index >= 15 is 0 Å². The van der Waals surface area contributed by atoms with E-state index in [1.54, 1.807) is 11.7 Å². The van der Waals surface area contributed by atoms with E-state index in [4.69, 9.17) is 10.5 Å². The summed E-state index contributed by atoms with van der Waals surface area (Å²) in [5, 5.41) is 4.47. The maximum atomic E-state index is 13.0. The Labute approximate surface area is 224 Å². The highest BCUT2D eigenvalue weighted by Crippen LogP contribution is 2.27. The molecular weight excluding hydrogens is 478 g/mol. The van der Waals surface area contributed by atoms with Crippen LogP contribution in [0.25, 0.3) is 10.9 Å². The van der Waals surface area contributed by atoms with Gasteiger partial charge in [-0.25, -0.2) is 0 Å². The van der Waals surface area contributed by atoms with Gasteiger partial charge in [0, 0.05) is 63.5 Å². The molecule has 2 aliphatic rings. The van der Waals surface area contributed by atoms with Gasteiger partial charge < -0.3 is 30.2 Å². The first-order valence-electron chi connectivity index (χ1n) is 13.7. The van der Waals surface area contributed by atoms with Crippen LogP contribution in [0.1, 0.15) is 46.3 Å². The van der Waals surface area contributed by atoms with Gasteiger partial charge in [0.15, 0.2) is 0 Å². The molecule has 8 nitrogen and oxygen atoms in total. The SMILES string of the molecule is COCc1ccc2c(C(N)=O)cc(=O)n(CCN3CCC(NCc4ccc5c(c4)CCCN5C)CC3)c2c1. The van der Waals surface area contributed by atoms with E-state index < -0.39 is 5.91 Å². The number of nitrogens with two attached hydrogens (primary N) is 1. The zero-order valence-electron chi connectivity index (χ0n) is 22.5. The van der Waals surface area contributed by atoms with Gasteiger partial charge in [-0.15, -0.1) is 0 Å². The molecule has 0 saturated carbocycles. The van der Waals surface area contributed by atoms with E-state index in [1.165, 1.54) is 35.7 Å². The number of nitrogens with zero attached hydrogens (tertiary/aromatic N) is 3. The number of hydrogen-bond acceptors (Lipinski definition) is 6. The monoisotopic (exact) mass is 517 g/mol. The standard InChI is InChI=1S/C30H39N5O3/c1-33-11-3-4-23-16-21(6-8-27(23)33)19-32-24-9-12-34(13-10-24)14-15-35-28-17-22(20-38-2)5-7-25(28)26(30(31)37)18-29(35)36/h5-8,16-18,24,32H,3-4,9-15,19-20H2,1-2H3,(H2,31,37). The summed E-state index contributed by atoms with van der Waals surface area (Å²) in [7, 11) is 3.82. The van der Waals surface area contributed by atoms with Crippen molar-refractivity contribution in [2.75, 3.05) is 45.2 Å². The fraction of sp³-hybridized carbons (Fsp3) is 0.467. The maximum absolute atomic E-state index is 13.0. The first-order valence-corrected chi connectivity index (χ1v) is 13.7. The summed E-state index contributed by atoms with van der Waals surface area (Å²) in [6, 6.07) is 14.5. The van der Waals surface area contributed by atoms with Crippen molar-refractivity contribution in [3.8, 4) is 0 Å². The number of pyridine rings is 1. The zero-order valence-corrected chi connectivity index (χ0v) is 22.5. The Morgan fingerprint density at radius 3 is 2.61 bits per heavy atom. The summed E-state index contributed by atoms with van der Waals surface area (Å²) >= 11 is 0. The largest absolute Gasteiger partial charge is 0.380 e. The van der Waals surface area contributed by atoms with Crippen molar-refractivity contribution in [1.29, 1.82) is 0 Å². The maximum Gasteiger partial charge on any atom is 0.251 e. The molecule has 3 aromatic rings. The Balaban J connectivity index is 1.18. The lowest BCUT2D eigenvalue weighted by Crippen LogP contribution is -2.43. The lowest BCUT2D eigenvalue weighted by atomic mass is 9.99. The zero-order chi connectivity index (χ0) is 26.6. The summed E-state index contributed by atoms with van der Waals surface area (Å²) in [5.74, 6) is -0.587. The Morgan fingerprint density at radius 1 is 1.05 bits per heavy atom. The van der Waals surface area contributed by atoms with Crippen molar-refractivity contribution in [3.63, 3.8) is 0 Å². The van der Waals surface area contributed by atoms with E-state index in [9.17, 15) is 9.59 Å². The van der Waals surface area contributed by atoms with Crippen molar-refractivity contribution in [3.05, 3.63) is 75.1 Å². The molecule has 1 saturated heterocycles. The predicted octanol–water partition coefficient (Wildman–Crippen LogP) is 2.88. The Hall–Kier alpha value is -3.20. The van der Waals surface area contributed by atoms with Crippen LogP contribution in [0.2, 0.25) is 0 Å². The van der Waals surface area contributed by atoms with Crippen LogP contribution in [0.15, 0.2) is 47.3 Å². The third kappa shape index (κ3) is 5.77. The quantitative estimate of drug-likeness (QED) is 0.454. The van der Waals surface area contributed by atoms with Crippen LogP contribution in [-0.4, -0.2) is 61.8 Å². The van der Waals surface area contributed by atoms with Crippen molar-refractivity contribution in [2.24, 2.45) is 5.73 Å². The number of rotatable bonds is 9. The molecule has 2 aromatic carbocycles. The highest BCUT2D eigenvalue weighted by molar-refractivity contribution is 6.05. The van der Waals surface area contributed by atoms with Crippen molar-refractivity contribution < 1.29 is 9.53 Å². The molecule has 0 aliphatic carbocycles. The number of piperidine rings is 1. The van der Waals surface area contributed by atoms with Gasteiger partial charge in [-0.3, -0.25) is 9.59 Å². The summed E-state index contributed by atoms with van der Waals surface area (Å²) in [6.07, 6.45) is 4.57. The molecule has 1 fully saturated rings. The molecule has 38 heavy (non-hydrogen) atoms. The Bertz CT molecular complexity index is 1360. The Kier molecular flexibility index (Phi) is 8.12. The van der Waals surface area contributed by atoms with E-state index in [0.29, 0.717) is 24.6 Å². The van der Waals surface area contributed by atoms with Gasteiger partial charge in [0.2, 0.25) is 5.91 Å². The molecule has 0 unspecified atom stereocenters. The number of amides is 1. The van der Waals surface area contributed by atoms with Gasteiger partial charge in [0.1, 0.15) is 0 Å². The molecule has 0 radical (unpaired) electrons. The van der Waals surface area contributed by atoms with Crippen LogP contribution in [0.5, 0.6) is 0 Å². The number of primary amides is 1. The van der Waals surface area contributed by atoms with Crippen LogP contribution < -0.4 is 21.5 Å². The third-order valence-electron chi connectivity index (χ3n) is 8.07. The average molecular weight is 518 g/mol. The highest BCUT2D eigenvalue weighted by Gasteiger charge is 2.20. The smallest absolute Gasteiger partial charge is 0.251 e. The molecule has 202 valence electrons. The number of aryl methyl sites for hydroxylation is 1. The van der Waals surface area contributed by atoms with Crippen LogP contribution >= 0.6 is 0 Å². The highest BCUT2D eigenvalue weighted by atomic mass is 16.5. The summed E-state index contributed by atoms with van der Waals surface area (Å²) < 4.78 is 7.03. The number of anilines is 1. The number of methoxy groups -OCH3 is 1. The van der Waals surface area contributed by atoms with Gasteiger partial charge >= 0.3 is 0 Å². The van der Waals surface area contributed by atoms with Gasteiger partial charge in [-0.05, 0) is 67.6 Å². The van der Waals surface area contributed by atoms with Gasteiger partial charge in [0.05, 0.1) is 17.7 Å². The number of ether oxygens (including phenoxy) is 1. The lowest BCUT2D eigenvalue weighted by Gasteiger charge is -2.33. The molecule has 0 spiro atoms. The van der Waals surface area contributed by atoms with Crippen molar-refractivity contribution in [1.82, 2.24) is 14.8 Å². The van der Waals surface area contributed by atoms with E-state index in [2.05, 4.69) is 40.4 Å². The summed E-state index contributed by atoms with van der Waals surface area (Å²) in [4.78, 5) is 29.7. The molecule has 1 amide bonds. The van der Waals surface area contributed by atoms with Crippen LogP contribution in [0.4, 0.5) is 5.69 Å².